The van der Waals surface area contributed by atoms with Crippen LogP contribution >= 0.6 is 0 Å². The van der Waals surface area contributed by atoms with Crippen LogP contribution in [0.15, 0.2) is 34.7 Å². The van der Waals surface area contributed by atoms with Gasteiger partial charge < -0.3 is 24.1 Å². The standard InChI is InChI=1S/C30H42N6O7/c1-29(2,3)42-26(37)31-20-14-22(15-20)34(28(39)43-30(4,5)6)17-24-32-33-25(41-24)23-13-12-21-16-35(23)27(38)36(21)40-18-19-10-8-7-9-11-19/h7-11,20-23H,12-18H2,1-6H3,(H,31,37)/t20?,21-,22?,23+/m0/s1. The number of piperidine rings is 1. The van der Waals surface area contributed by atoms with Crippen LogP contribution in [0.5, 0.6) is 0 Å². The Morgan fingerprint density at radius 2 is 1.72 bits per heavy atom. The van der Waals surface area contributed by atoms with Gasteiger partial charge in [0.15, 0.2) is 0 Å². The number of carbonyl (C=O) groups excluding carboxylic acids is 3. The molecule has 3 heterocycles. The average molecular weight is 599 g/mol. The summed E-state index contributed by atoms with van der Waals surface area (Å²) in [6.07, 6.45) is 1.46. The third-order valence-corrected chi connectivity index (χ3v) is 7.51. The topological polar surface area (TPSA) is 140 Å². The molecule has 1 saturated carbocycles. The molecule has 1 aromatic carbocycles. The molecule has 0 radical (unpaired) electrons. The lowest BCUT2D eigenvalue weighted by atomic mass is 9.85. The molecule has 3 aliphatic rings. The van der Waals surface area contributed by atoms with Crippen molar-refractivity contribution in [1.82, 2.24) is 30.4 Å². The van der Waals surface area contributed by atoms with Crippen molar-refractivity contribution >= 4 is 18.2 Å². The smallest absolute Gasteiger partial charge is 0.411 e. The van der Waals surface area contributed by atoms with E-state index < -0.39 is 23.4 Å². The fraction of sp³-hybridized carbons (Fsp3) is 0.633. The minimum absolute atomic E-state index is 0.0430. The second-order valence-corrected chi connectivity index (χ2v) is 13.4. The molecule has 43 heavy (non-hydrogen) atoms. The van der Waals surface area contributed by atoms with Crippen LogP contribution in [0.1, 0.15) is 90.6 Å². The number of urea groups is 1. The van der Waals surface area contributed by atoms with Gasteiger partial charge in [-0.3, -0.25) is 9.74 Å². The first-order valence-corrected chi connectivity index (χ1v) is 14.8. The van der Waals surface area contributed by atoms with Gasteiger partial charge in [-0.05, 0) is 72.8 Å². The molecular weight excluding hydrogens is 556 g/mol. The van der Waals surface area contributed by atoms with E-state index in [4.69, 9.17) is 18.7 Å². The molecule has 0 unspecified atom stereocenters. The molecule has 0 spiro atoms. The molecule has 5 rings (SSSR count). The van der Waals surface area contributed by atoms with E-state index in [0.29, 0.717) is 38.3 Å². The maximum Gasteiger partial charge on any atom is 0.411 e. The van der Waals surface area contributed by atoms with Crippen molar-refractivity contribution in [3.8, 4) is 0 Å². The van der Waals surface area contributed by atoms with E-state index in [1.807, 2.05) is 30.3 Å². The summed E-state index contributed by atoms with van der Waals surface area (Å²) in [6.45, 7) is 11.7. The molecule has 1 aliphatic carbocycles. The second-order valence-electron chi connectivity index (χ2n) is 13.4. The summed E-state index contributed by atoms with van der Waals surface area (Å²) >= 11 is 0. The Balaban J connectivity index is 1.21. The van der Waals surface area contributed by atoms with Gasteiger partial charge in [-0.2, -0.15) is 5.06 Å². The number of rotatable bonds is 8. The highest BCUT2D eigenvalue weighted by molar-refractivity contribution is 5.77. The number of aromatic nitrogens is 2. The van der Waals surface area contributed by atoms with Crippen molar-refractivity contribution in [2.75, 3.05) is 6.54 Å². The number of ether oxygens (including phenoxy) is 2. The highest BCUT2D eigenvalue weighted by atomic mass is 16.7. The van der Waals surface area contributed by atoms with E-state index >= 15 is 0 Å². The largest absolute Gasteiger partial charge is 0.444 e. The van der Waals surface area contributed by atoms with Crippen LogP contribution in [0.2, 0.25) is 0 Å². The van der Waals surface area contributed by atoms with E-state index in [9.17, 15) is 14.4 Å². The normalized spacial score (nSPS) is 23.5. The summed E-state index contributed by atoms with van der Waals surface area (Å²) in [5, 5.41) is 12.8. The lowest BCUT2D eigenvalue weighted by molar-refractivity contribution is -0.140. The van der Waals surface area contributed by atoms with Gasteiger partial charge >= 0.3 is 18.2 Å². The summed E-state index contributed by atoms with van der Waals surface area (Å²) in [6, 6.07) is 8.74. The third kappa shape index (κ3) is 7.56. The van der Waals surface area contributed by atoms with Gasteiger partial charge in [-0.1, -0.05) is 30.3 Å². The predicted molar refractivity (Wildman–Crippen MR) is 153 cm³/mol. The van der Waals surface area contributed by atoms with Crippen molar-refractivity contribution < 1.29 is 33.1 Å². The van der Waals surface area contributed by atoms with Crippen molar-refractivity contribution in [3.63, 3.8) is 0 Å². The Bertz CT molecular complexity index is 1300. The number of carbonyl (C=O) groups is 3. The van der Waals surface area contributed by atoms with Crippen LogP contribution in [-0.2, 0) is 27.5 Å². The Hall–Kier alpha value is -3.87. The Kier molecular flexibility index (Phi) is 8.55. The molecule has 13 nitrogen and oxygen atoms in total. The zero-order valence-corrected chi connectivity index (χ0v) is 25.7. The van der Waals surface area contributed by atoms with Crippen molar-refractivity contribution in [2.45, 2.75) is 116 Å². The van der Waals surface area contributed by atoms with Crippen molar-refractivity contribution in [1.29, 1.82) is 0 Å². The van der Waals surface area contributed by atoms with Gasteiger partial charge in [0.05, 0.1) is 6.04 Å². The molecule has 1 N–H and O–H groups in total. The highest BCUT2D eigenvalue weighted by Crippen LogP contribution is 2.38. The number of alkyl carbamates (subject to hydrolysis) is 1. The van der Waals surface area contributed by atoms with Crippen LogP contribution < -0.4 is 5.32 Å². The van der Waals surface area contributed by atoms with Crippen LogP contribution in [0.4, 0.5) is 14.4 Å². The number of hydroxylamine groups is 2. The Labute approximate surface area is 251 Å². The first kappa shape index (κ1) is 30.6. The quantitative estimate of drug-likeness (QED) is 0.448. The fourth-order valence-corrected chi connectivity index (χ4v) is 5.48. The zero-order chi connectivity index (χ0) is 30.9. The van der Waals surface area contributed by atoms with Gasteiger partial charge in [0.2, 0.25) is 11.8 Å². The van der Waals surface area contributed by atoms with Crippen LogP contribution in [0, 0.1) is 0 Å². The van der Waals surface area contributed by atoms with Gasteiger partial charge in [-0.15, -0.1) is 10.2 Å². The molecule has 2 aromatic rings. The summed E-state index contributed by atoms with van der Waals surface area (Å²) in [4.78, 5) is 47.8. The summed E-state index contributed by atoms with van der Waals surface area (Å²) in [7, 11) is 0. The minimum Gasteiger partial charge on any atom is -0.444 e. The maximum atomic E-state index is 13.2. The average Bonchev–Trinajstić information content (AvgIpc) is 3.45. The summed E-state index contributed by atoms with van der Waals surface area (Å²) in [5.41, 5.74) is -0.313. The lowest BCUT2D eigenvalue weighted by Crippen LogP contribution is -2.56. The number of hydrogen-bond acceptors (Lipinski definition) is 9. The molecule has 2 bridgehead atoms. The van der Waals surface area contributed by atoms with Gasteiger partial charge in [0, 0.05) is 18.6 Å². The first-order chi connectivity index (χ1) is 20.3. The van der Waals surface area contributed by atoms with E-state index in [0.717, 1.165) is 12.0 Å². The van der Waals surface area contributed by atoms with Crippen molar-refractivity contribution in [2.24, 2.45) is 0 Å². The second kappa shape index (κ2) is 12.0. The lowest BCUT2D eigenvalue weighted by Gasteiger charge is -2.42. The zero-order valence-electron chi connectivity index (χ0n) is 25.7. The molecule has 234 valence electrons. The highest BCUT2D eigenvalue weighted by Gasteiger charge is 2.48. The van der Waals surface area contributed by atoms with Gasteiger partial charge in [0.25, 0.3) is 0 Å². The van der Waals surface area contributed by atoms with Crippen LogP contribution in [0.3, 0.4) is 0 Å². The summed E-state index contributed by atoms with van der Waals surface area (Å²) < 4.78 is 17.1. The van der Waals surface area contributed by atoms with E-state index in [2.05, 4.69) is 15.5 Å². The number of hydrogen-bond donors (Lipinski definition) is 1. The SMILES string of the molecule is CC(C)(C)OC(=O)NC1CC(N(Cc2nnc([C@H]3CC[C@H]4CN3C(=O)N4OCc3ccccc3)o2)C(=O)OC(C)(C)C)C1. The maximum absolute atomic E-state index is 13.2. The number of nitrogens with one attached hydrogen (secondary N) is 1. The molecule has 4 amide bonds. The molecule has 1 aromatic heterocycles. The molecular formula is C30H42N6O7. The Morgan fingerprint density at radius 1 is 1.02 bits per heavy atom. The number of nitrogens with zero attached hydrogens (tertiary/aromatic N) is 5. The Morgan fingerprint density at radius 3 is 2.40 bits per heavy atom. The minimum atomic E-state index is -0.698. The molecule has 13 heteroatoms. The van der Waals surface area contributed by atoms with Gasteiger partial charge in [0.1, 0.15) is 30.4 Å². The number of amides is 4. The van der Waals surface area contributed by atoms with Crippen LogP contribution in [0.25, 0.3) is 0 Å². The van der Waals surface area contributed by atoms with E-state index in [1.165, 1.54) is 5.06 Å². The predicted octanol–water partition coefficient (Wildman–Crippen LogP) is 4.94. The number of fused-ring (bicyclic) bond motifs is 2. The van der Waals surface area contributed by atoms with E-state index in [1.54, 1.807) is 51.3 Å². The fourth-order valence-electron chi connectivity index (χ4n) is 5.48. The molecule has 2 aliphatic heterocycles. The van der Waals surface area contributed by atoms with E-state index in [-0.39, 0.29) is 42.6 Å². The third-order valence-electron chi connectivity index (χ3n) is 7.51. The molecule has 2 saturated heterocycles. The monoisotopic (exact) mass is 598 g/mol. The summed E-state index contributed by atoms with van der Waals surface area (Å²) in [5.74, 6) is 0.573. The molecule has 2 atom stereocenters. The molecule has 3 fully saturated rings. The van der Waals surface area contributed by atoms with Gasteiger partial charge in [-0.25, -0.2) is 14.4 Å². The first-order valence-electron chi connectivity index (χ1n) is 14.8. The van der Waals surface area contributed by atoms with Crippen molar-refractivity contribution in [3.05, 3.63) is 47.7 Å². The van der Waals surface area contributed by atoms with Crippen LogP contribution in [-0.4, -0.2) is 79.2 Å². The number of benzene rings is 1.